The van der Waals surface area contributed by atoms with E-state index in [1.54, 1.807) is 35.1 Å². The number of alkyl halides is 6. The number of rotatable bonds is 12. The summed E-state index contributed by atoms with van der Waals surface area (Å²) in [5.74, 6) is -1.71. The minimum Gasteiger partial charge on any atom is -0.449 e. The predicted molar refractivity (Wildman–Crippen MR) is 149 cm³/mol. The van der Waals surface area contributed by atoms with E-state index in [4.69, 9.17) is 4.74 Å². The molecule has 244 valence electrons. The van der Waals surface area contributed by atoms with Gasteiger partial charge in [0.25, 0.3) is 5.91 Å². The van der Waals surface area contributed by atoms with Crippen LogP contribution in [0.2, 0.25) is 0 Å². The number of carbonyl (C=O) groups excluding carboxylic acids is 2. The molecule has 2 N–H and O–H groups in total. The number of halogens is 6. The van der Waals surface area contributed by atoms with Crippen LogP contribution in [-0.4, -0.2) is 44.4 Å². The van der Waals surface area contributed by atoms with Gasteiger partial charge in [-0.05, 0) is 67.7 Å². The van der Waals surface area contributed by atoms with E-state index in [0.29, 0.717) is 37.8 Å². The van der Waals surface area contributed by atoms with Crippen molar-refractivity contribution >= 4 is 22.2 Å². The molecule has 0 unspecified atom stereocenters. The lowest BCUT2D eigenvalue weighted by atomic mass is 9.82. The van der Waals surface area contributed by atoms with E-state index in [1.807, 2.05) is 6.92 Å². The highest BCUT2D eigenvalue weighted by Gasteiger charge is 2.38. The van der Waals surface area contributed by atoms with Crippen molar-refractivity contribution in [1.82, 2.24) is 14.3 Å². The molecule has 2 amide bonds. The maximum Gasteiger partial charge on any atom is 0.416 e. The van der Waals surface area contributed by atoms with Gasteiger partial charge in [-0.25, -0.2) is 9.52 Å². The molecular weight excluding hydrogens is 616 g/mol. The minimum absolute atomic E-state index is 0.0566. The number of nitrogens with one attached hydrogen (secondary N) is 2. The van der Waals surface area contributed by atoms with Gasteiger partial charge < -0.3 is 10.1 Å². The third-order valence-electron chi connectivity index (χ3n) is 7.29. The molecule has 1 fully saturated rings. The Bertz CT molecular complexity index is 1330. The maximum atomic E-state index is 13.4. The van der Waals surface area contributed by atoms with E-state index in [9.17, 15) is 44.3 Å². The van der Waals surface area contributed by atoms with Crippen molar-refractivity contribution in [2.75, 3.05) is 19.7 Å². The molecule has 0 saturated heterocycles. The molecule has 1 aliphatic carbocycles. The zero-order valence-electron chi connectivity index (χ0n) is 24.0. The van der Waals surface area contributed by atoms with Crippen molar-refractivity contribution in [3.8, 4) is 0 Å². The van der Waals surface area contributed by atoms with Crippen LogP contribution in [0.4, 0.5) is 31.1 Å². The number of nitrogens with zero attached hydrogens (tertiary/aromatic N) is 1. The Morgan fingerprint density at radius 2 is 1.48 bits per heavy atom. The van der Waals surface area contributed by atoms with Gasteiger partial charge in [0.1, 0.15) is 0 Å². The highest BCUT2D eigenvalue weighted by atomic mass is 32.2. The lowest BCUT2D eigenvalue weighted by molar-refractivity contribution is -0.143. The van der Waals surface area contributed by atoms with Crippen LogP contribution in [0, 0.1) is 11.8 Å². The molecule has 44 heavy (non-hydrogen) atoms. The van der Waals surface area contributed by atoms with E-state index in [0.717, 1.165) is 17.1 Å². The molecule has 2 aromatic carbocycles. The normalized spacial score (nSPS) is 17.7. The summed E-state index contributed by atoms with van der Waals surface area (Å²) in [6, 6.07) is 8.55. The quantitative estimate of drug-likeness (QED) is 0.201. The molecule has 0 spiro atoms. The van der Waals surface area contributed by atoms with Crippen molar-refractivity contribution in [1.29, 1.82) is 0 Å². The first-order valence-corrected chi connectivity index (χ1v) is 15.6. The first kappa shape index (κ1) is 35.2. The zero-order chi connectivity index (χ0) is 32.5. The Labute approximate surface area is 252 Å². The first-order chi connectivity index (χ1) is 20.6. The molecule has 1 aliphatic rings. The van der Waals surface area contributed by atoms with Gasteiger partial charge in [-0.3, -0.25) is 4.79 Å². The summed E-state index contributed by atoms with van der Waals surface area (Å²) in [5, 5.41) is 2.67. The van der Waals surface area contributed by atoms with Gasteiger partial charge >= 0.3 is 28.7 Å². The van der Waals surface area contributed by atoms with E-state index in [-0.39, 0.29) is 49.7 Å². The van der Waals surface area contributed by atoms with Crippen molar-refractivity contribution in [2.24, 2.45) is 11.8 Å². The molecule has 1 saturated carbocycles. The number of hydrogen-bond acceptors (Lipinski definition) is 5. The third-order valence-corrected chi connectivity index (χ3v) is 8.69. The van der Waals surface area contributed by atoms with E-state index in [1.165, 1.54) is 0 Å². The number of carbonyl (C=O) groups is 2. The van der Waals surface area contributed by atoms with Crippen LogP contribution in [-0.2, 0) is 33.8 Å². The molecule has 0 aliphatic heterocycles. The van der Waals surface area contributed by atoms with Crippen molar-refractivity contribution in [2.45, 2.75) is 64.3 Å². The lowest BCUT2D eigenvalue weighted by Gasteiger charge is -2.32. The molecule has 0 atom stereocenters. The summed E-state index contributed by atoms with van der Waals surface area (Å²) in [6.45, 7) is 2.47. The van der Waals surface area contributed by atoms with Crippen LogP contribution in [0.3, 0.4) is 0 Å². The second-order valence-corrected chi connectivity index (χ2v) is 12.4. The predicted octanol–water partition coefficient (Wildman–Crippen LogP) is 6.53. The van der Waals surface area contributed by atoms with Crippen LogP contribution in [0.1, 0.15) is 72.5 Å². The molecule has 15 heteroatoms. The van der Waals surface area contributed by atoms with Crippen molar-refractivity contribution in [3.63, 3.8) is 0 Å². The zero-order valence-corrected chi connectivity index (χ0v) is 24.8. The van der Waals surface area contributed by atoms with Crippen LogP contribution >= 0.6 is 0 Å². The second kappa shape index (κ2) is 15.1. The molecule has 0 radical (unpaired) electrons. The lowest BCUT2D eigenvalue weighted by Crippen LogP contribution is -2.45. The fourth-order valence-electron chi connectivity index (χ4n) is 4.84. The SMILES string of the molecule is CCCCNC(=O)OCC1CCC(CN(Cc2ccccc2)S(=O)(=O)NC(=O)c2cc(C(F)(F)F)cc(C(F)(F)F)c2)CC1. The highest BCUT2D eigenvalue weighted by molar-refractivity contribution is 7.87. The topological polar surface area (TPSA) is 105 Å². The molecular formula is C29H35F6N3O5S. The molecule has 2 aromatic rings. The number of benzene rings is 2. The summed E-state index contributed by atoms with van der Waals surface area (Å²) >= 11 is 0. The molecule has 0 aromatic heterocycles. The average molecular weight is 652 g/mol. The highest BCUT2D eigenvalue weighted by Crippen LogP contribution is 2.36. The summed E-state index contributed by atoms with van der Waals surface area (Å²) in [6.07, 6.45) is -6.74. The number of hydrogen-bond donors (Lipinski definition) is 2. The molecule has 0 heterocycles. The fourth-order valence-corrected chi connectivity index (χ4v) is 6.05. The van der Waals surface area contributed by atoms with Gasteiger partial charge in [-0.2, -0.15) is 39.1 Å². The van der Waals surface area contributed by atoms with Gasteiger partial charge in [0.2, 0.25) is 0 Å². The summed E-state index contributed by atoms with van der Waals surface area (Å²) in [4.78, 5) is 24.7. The monoisotopic (exact) mass is 651 g/mol. The fraction of sp³-hybridized carbons (Fsp3) is 0.517. The smallest absolute Gasteiger partial charge is 0.416 e. The Morgan fingerprint density at radius 1 is 0.909 bits per heavy atom. The molecule has 8 nitrogen and oxygen atoms in total. The van der Waals surface area contributed by atoms with Gasteiger partial charge in [-0.15, -0.1) is 0 Å². The van der Waals surface area contributed by atoms with E-state index < -0.39 is 51.3 Å². The van der Waals surface area contributed by atoms with Crippen LogP contribution in [0.5, 0.6) is 0 Å². The van der Waals surface area contributed by atoms with Gasteiger partial charge in [-0.1, -0.05) is 43.7 Å². The van der Waals surface area contributed by atoms with Gasteiger partial charge in [0, 0.05) is 25.2 Å². The Morgan fingerprint density at radius 3 is 2.02 bits per heavy atom. The second-order valence-electron chi connectivity index (χ2n) is 10.8. The number of unbranched alkanes of at least 4 members (excludes halogenated alkanes) is 1. The first-order valence-electron chi connectivity index (χ1n) is 14.1. The largest absolute Gasteiger partial charge is 0.449 e. The summed E-state index contributed by atoms with van der Waals surface area (Å²) in [7, 11) is -4.72. The molecule has 3 rings (SSSR count). The Hall–Kier alpha value is -3.33. The maximum absolute atomic E-state index is 13.4. The molecule has 0 bridgehead atoms. The number of alkyl carbamates (subject to hydrolysis) is 1. The van der Waals surface area contributed by atoms with Gasteiger partial charge in [0.15, 0.2) is 0 Å². The Balaban J connectivity index is 1.73. The van der Waals surface area contributed by atoms with E-state index >= 15 is 0 Å². The third kappa shape index (κ3) is 10.7. The standard InChI is InChI=1S/C29H35F6N3O5S/c1-2-3-13-36-27(40)43-19-22-11-9-21(10-12-22)18-38(17-20-7-5-4-6-8-20)44(41,42)37-26(39)23-14-24(28(30,31)32)16-25(15-23)29(33,34)35/h4-8,14-16,21-22H,2-3,9-13,17-19H2,1H3,(H,36,40)(H,37,39). The van der Waals surface area contributed by atoms with Gasteiger partial charge in [0.05, 0.1) is 17.7 Å². The minimum atomic E-state index is -5.21. The van der Waals surface area contributed by atoms with Crippen molar-refractivity contribution < 1.29 is 49.1 Å². The summed E-state index contributed by atoms with van der Waals surface area (Å²) in [5.41, 5.74) is -4.03. The Kier molecular flexibility index (Phi) is 12.1. The van der Waals surface area contributed by atoms with Crippen LogP contribution in [0.25, 0.3) is 0 Å². The van der Waals surface area contributed by atoms with Crippen LogP contribution in [0.15, 0.2) is 48.5 Å². The summed E-state index contributed by atoms with van der Waals surface area (Å²) < 4.78 is 114. The number of ether oxygens (including phenoxy) is 1. The number of amides is 2. The average Bonchev–Trinajstić information content (AvgIpc) is 2.96. The van der Waals surface area contributed by atoms with E-state index in [2.05, 4.69) is 5.32 Å². The van der Waals surface area contributed by atoms with Crippen LogP contribution < -0.4 is 10.0 Å². The van der Waals surface area contributed by atoms with Crippen molar-refractivity contribution in [3.05, 3.63) is 70.8 Å².